The number of ketones is 1. The summed E-state index contributed by atoms with van der Waals surface area (Å²) in [5.41, 5.74) is -0.639. The smallest absolute Gasteiger partial charge is 0.324 e. The van der Waals surface area contributed by atoms with Gasteiger partial charge in [0.1, 0.15) is 0 Å². The predicted molar refractivity (Wildman–Crippen MR) is 70.3 cm³/mol. The van der Waals surface area contributed by atoms with Gasteiger partial charge in [0.2, 0.25) is 0 Å². The van der Waals surface area contributed by atoms with Gasteiger partial charge in [0.15, 0.2) is 11.7 Å². The molecule has 0 fully saturated rings. The number of carbonyl (C=O) groups excluding carboxylic acids is 2. The van der Waals surface area contributed by atoms with Crippen LogP contribution in [0.1, 0.15) is 31.1 Å². The lowest BCUT2D eigenvalue weighted by molar-refractivity contribution is -0.148. The quantitative estimate of drug-likeness (QED) is 0.602. The van der Waals surface area contributed by atoms with Gasteiger partial charge in [-0.3, -0.25) is 9.59 Å². The van der Waals surface area contributed by atoms with Crippen LogP contribution in [0.2, 0.25) is 0 Å². The number of hydrogen-bond donors (Lipinski definition) is 0. The van der Waals surface area contributed by atoms with Gasteiger partial charge in [0.25, 0.3) is 0 Å². The van der Waals surface area contributed by atoms with Gasteiger partial charge in [-0.2, -0.15) is 5.26 Å². The molecule has 0 aliphatic heterocycles. The van der Waals surface area contributed by atoms with Crippen molar-refractivity contribution in [2.24, 2.45) is 11.3 Å². The second-order valence-corrected chi connectivity index (χ2v) is 4.73. The summed E-state index contributed by atoms with van der Waals surface area (Å²) in [6.45, 7) is 5.03. The molecule has 1 aromatic carbocycles. The number of rotatable bonds is 5. The third-order valence-electron chi connectivity index (χ3n) is 2.99. The SMILES string of the molecule is CCOC(=O)C(C#N)C(C)(C)C(=O)c1ccccc1. The van der Waals surface area contributed by atoms with Crippen LogP contribution in [-0.2, 0) is 9.53 Å². The van der Waals surface area contributed by atoms with Crippen LogP contribution in [0.4, 0.5) is 0 Å². The number of Topliss-reactive ketones (excluding diaryl/α,β-unsaturated/α-hetero) is 1. The number of benzene rings is 1. The highest BCUT2D eigenvalue weighted by Gasteiger charge is 2.42. The molecule has 4 heteroatoms. The fourth-order valence-corrected chi connectivity index (χ4v) is 1.83. The molecule has 0 saturated carbocycles. The molecular weight excluding hydrogens is 242 g/mol. The first-order valence-corrected chi connectivity index (χ1v) is 6.11. The molecule has 0 saturated heterocycles. The van der Waals surface area contributed by atoms with Gasteiger partial charge in [-0.05, 0) is 6.92 Å². The molecule has 1 unspecified atom stereocenters. The van der Waals surface area contributed by atoms with Crippen LogP contribution in [0.3, 0.4) is 0 Å². The molecule has 0 heterocycles. The Hall–Kier alpha value is -2.15. The van der Waals surface area contributed by atoms with E-state index in [1.54, 1.807) is 51.1 Å². The van der Waals surface area contributed by atoms with Crippen LogP contribution in [0.15, 0.2) is 30.3 Å². The van der Waals surface area contributed by atoms with E-state index in [9.17, 15) is 9.59 Å². The molecule has 100 valence electrons. The van der Waals surface area contributed by atoms with Crippen LogP contribution in [0.25, 0.3) is 0 Å². The van der Waals surface area contributed by atoms with Crippen molar-refractivity contribution in [2.75, 3.05) is 6.61 Å². The Labute approximate surface area is 113 Å². The molecule has 0 amide bonds. The van der Waals surface area contributed by atoms with E-state index in [2.05, 4.69) is 0 Å². The Morgan fingerprint density at radius 3 is 2.37 bits per heavy atom. The van der Waals surface area contributed by atoms with E-state index in [0.717, 1.165) is 0 Å². The highest BCUT2D eigenvalue weighted by Crippen LogP contribution is 2.31. The number of nitrogens with zero attached hydrogens (tertiary/aromatic N) is 1. The van der Waals surface area contributed by atoms with Crippen molar-refractivity contribution in [3.63, 3.8) is 0 Å². The van der Waals surface area contributed by atoms with E-state index in [0.29, 0.717) is 5.56 Å². The van der Waals surface area contributed by atoms with Gasteiger partial charge < -0.3 is 4.74 Å². The number of carbonyl (C=O) groups is 2. The molecule has 1 aromatic rings. The maximum Gasteiger partial charge on any atom is 0.324 e. The van der Waals surface area contributed by atoms with Crippen molar-refractivity contribution in [3.8, 4) is 6.07 Å². The van der Waals surface area contributed by atoms with Gasteiger partial charge in [0.05, 0.1) is 18.1 Å². The lowest BCUT2D eigenvalue weighted by atomic mass is 9.74. The molecule has 0 aromatic heterocycles. The van der Waals surface area contributed by atoms with Crippen LogP contribution in [0.5, 0.6) is 0 Å². The van der Waals surface area contributed by atoms with Crippen molar-refractivity contribution < 1.29 is 14.3 Å². The zero-order valence-electron chi connectivity index (χ0n) is 11.3. The summed E-state index contributed by atoms with van der Waals surface area (Å²) in [6, 6.07) is 10.5. The Bertz CT molecular complexity index is 500. The standard InChI is InChI=1S/C15H17NO3/c1-4-19-14(18)12(10-16)15(2,3)13(17)11-8-6-5-7-9-11/h5-9,12H,4H2,1-3H3. The predicted octanol–water partition coefficient (Wildman–Crippen LogP) is 2.60. The van der Waals surface area contributed by atoms with Crippen molar-refractivity contribution in [2.45, 2.75) is 20.8 Å². The first-order chi connectivity index (χ1) is 8.95. The summed E-state index contributed by atoms with van der Waals surface area (Å²) in [4.78, 5) is 24.2. The monoisotopic (exact) mass is 259 g/mol. The number of esters is 1. The maximum atomic E-state index is 12.4. The minimum atomic E-state index is -1.12. The molecule has 1 rings (SSSR count). The molecular formula is C15H17NO3. The van der Waals surface area contributed by atoms with Crippen molar-refractivity contribution in [1.82, 2.24) is 0 Å². The maximum absolute atomic E-state index is 12.4. The average molecular weight is 259 g/mol. The number of ether oxygens (including phenoxy) is 1. The lowest BCUT2D eigenvalue weighted by Crippen LogP contribution is -2.38. The molecule has 0 bridgehead atoms. The zero-order chi connectivity index (χ0) is 14.5. The summed E-state index contributed by atoms with van der Waals surface area (Å²) < 4.78 is 4.85. The third kappa shape index (κ3) is 3.19. The topological polar surface area (TPSA) is 67.2 Å². The average Bonchev–Trinajstić information content (AvgIpc) is 2.39. The molecule has 4 nitrogen and oxygen atoms in total. The van der Waals surface area contributed by atoms with E-state index in [1.807, 2.05) is 6.07 Å². The van der Waals surface area contributed by atoms with Crippen molar-refractivity contribution >= 4 is 11.8 Å². The van der Waals surface area contributed by atoms with Gasteiger partial charge in [-0.25, -0.2) is 0 Å². The second-order valence-electron chi connectivity index (χ2n) is 4.73. The molecule has 0 aliphatic rings. The van der Waals surface area contributed by atoms with E-state index < -0.39 is 17.3 Å². The molecule has 0 spiro atoms. The van der Waals surface area contributed by atoms with Crippen LogP contribution in [0, 0.1) is 22.7 Å². The summed E-state index contributed by atoms with van der Waals surface area (Å²) >= 11 is 0. The largest absolute Gasteiger partial charge is 0.465 e. The summed E-state index contributed by atoms with van der Waals surface area (Å²) in [7, 11) is 0. The molecule has 0 aliphatic carbocycles. The highest BCUT2D eigenvalue weighted by atomic mass is 16.5. The minimum absolute atomic E-state index is 0.187. The fraction of sp³-hybridized carbons (Fsp3) is 0.400. The first-order valence-electron chi connectivity index (χ1n) is 6.11. The van der Waals surface area contributed by atoms with Gasteiger partial charge >= 0.3 is 5.97 Å². The Balaban J connectivity index is 3.05. The van der Waals surface area contributed by atoms with Gasteiger partial charge in [-0.1, -0.05) is 44.2 Å². The first kappa shape index (κ1) is 14.9. The normalized spacial score (nSPS) is 12.3. The van der Waals surface area contributed by atoms with Crippen LogP contribution < -0.4 is 0 Å². The minimum Gasteiger partial charge on any atom is -0.465 e. The van der Waals surface area contributed by atoms with Gasteiger partial charge in [0, 0.05) is 5.56 Å². The molecule has 0 radical (unpaired) electrons. The lowest BCUT2D eigenvalue weighted by Gasteiger charge is -2.26. The van der Waals surface area contributed by atoms with E-state index in [4.69, 9.17) is 10.00 Å². The number of hydrogen-bond acceptors (Lipinski definition) is 4. The summed E-state index contributed by atoms with van der Waals surface area (Å²) in [5.74, 6) is -2.01. The fourth-order valence-electron chi connectivity index (χ4n) is 1.83. The van der Waals surface area contributed by atoms with E-state index in [1.165, 1.54) is 0 Å². The van der Waals surface area contributed by atoms with E-state index >= 15 is 0 Å². The summed E-state index contributed by atoms with van der Waals surface area (Å²) in [5, 5.41) is 9.15. The van der Waals surface area contributed by atoms with Crippen LogP contribution >= 0.6 is 0 Å². The molecule has 0 N–H and O–H groups in total. The Kier molecular flexibility index (Phi) is 4.82. The zero-order valence-corrected chi connectivity index (χ0v) is 11.3. The Morgan fingerprint density at radius 2 is 1.89 bits per heavy atom. The highest BCUT2D eigenvalue weighted by molar-refractivity contribution is 6.02. The summed E-state index contributed by atoms with van der Waals surface area (Å²) in [6.07, 6.45) is 0. The second kappa shape index (κ2) is 6.14. The van der Waals surface area contributed by atoms with Crippen LogP contribution in [-0.4, -0.2) is 18.4 Å². The number of nitriles is 1. The van der Waals surface area contributed by atoms with Crippen molar-refractivity contribution in [3.05, 3.63) is 35.9 Å². The molecule has 19 heavy (non-hydrogen) atoms. The van der Waals surface area contributed by atoms with E-state index in [-0.39, 0.29) is 12.4 Å². The third-order valence-corrected chi connectivity index (χ3v) is 2.99. The van der Waals surface area contributed by atoms with Crippen molar-refractivity contribution in [1.29, 1.82) is 5.26 Å². The van der Waals surface area contributed by atoms with Gasteiger partial charge in [-0.15, -0.1) is 0 Å². The Morgan fingerprint density at radius 1 is 1.32 bits per heavy atom. The molecule has 1 atom stereocenters.